The molecule has 1 saturated heterocycles. The van der Waals surface area contributed by atoms with Gasteiger partial charge in [0.25, 0.3) is 11.8 Å². The Morgan fingerprint density at radius 2 is 1.16 bits per heavy atom. The Morgan fingerprint density at radius 1 is 0.630 bits per heavy atom. The molecule has 9 aromatic rings. The molecule has 4 atom stereocenters. The Kier molecular flexibility index (Phi) is 12.3. The first-order valence-electron chi connectivity index (χ1n) is 23.8. The molecule has 0 radical (unpaired) electrons. The molecule has 372 valence electrons. The van der Waals surface area contributed by atoms with Gasteiger partial charge in [-0.15, -0.1) is 0 Å². The van der Waals surface area contributed by atoms with E-state index in [1.54, 1.807) is 103 Å². The molecule has 2 aliphatic rings. The van der Waals surface area contributed by atoms with E-state index in [1.165, 1.54) is 4.57 Å². The standard InChI is InChI=1S/C58H47F6N3O6/c1-57(2,3)36-21-19-32(20-22-36)27-66-54(68)48-46-37-23-39(59)41(61)25-43(37)65-50(46)51-47(49(48)55(66)69)38-24-40(60)42(62)26-44(38)67(51)56-52(71-29-34-15-9-5-10-16-34)53(72-30-35-17-11-6-12-18-35)58(63,64)45(73-56)31-70-28-33-13-7-4-8-14-33/h4-26,45,52-53,56,65H,27-31H2,1-3H3/t45-,52-,53-,56-/m1/s1. The number of rotatable bonds is 13. The number of nitrogens with one attached hydrogen (secondary N) is 1. The van der Waals surface area contributed by atoms with Crippen LogP contribution in [0.25, 0.3) is 43.6 Å². The number of imide groups is 1. The minimum absolute atomic E-state index is 0.00142. The third-order valence-electron chi connectivity index (χ3n) is 13.8. The fourth-order valence-electron chi connectivity index (χ4n) is 10.2. The number of amides is 2. The Labute approximate surface area is 414 Å². The summed E-state index contributed by atoms with van der Waals surface area (Å²) in [4.78, 5) is 34.3. The highest BCUT2D eigenvalue weighted by Crippen LogP contribution is 2.50. The minimum Gasteiger partial charge on any atom is -0.374 e. The van der Waals surface area contributed by atoms with E-state index in [0.717, 1.165) is 34.7 Å². The Bertz CT molecular complexity index is 3580. The molecule has 0 unspecified atom stereocenters. The van der Waals surface area contributed by atoms with Gasteiger partial charge in [-0.05, 0) is 45.4 Å². The monoisotopic (exact) mass is 995 g/mol. The molecule has 1 fully saturated rings. The van der Waals surface area contributed by atoms with Crippen molar-refractivity contribution < 1.29 is 54.9 Å². The zero-order valence-electron chi connectivity index (χ0n) is 39.7. The molecule has 15 heteroatoms. The van der Waals surface area contributed by atoms with E-state index in [-0.39, 0.29) is 86.5 Å². The summed E-state index contributed by atoms with van der Waals surface area (Å²) < 4.78 is 125. The lowest BCUT2D eigenvalue weighted by molar-refractivity contribution is -0.331. The number of hydrogen-bond acceptors (Lipinski definition) is 6. The van der Waals surface area contributed by atoms with Gasteiger partial charge in [-0.3, -0.25) is 14.5 Å². The zero-order valence-corrected chi connectivity index (χ0v) is 39.7. The maximum atomic E-state index is 17.6. The van der Waals surface area contributed by atoms with E-state index in [1.807, 2.05) is 32.9 Å². The van der Waals surface area contributed by atoms with Gasteiger partial charge in [0.15, 0.2) is 35.6 Å². The quantitative estimate of drug-likeness (QED) is 0.0913. The summed E-state index contributed by atoms with van der Waals surface area (Å²) in [5.41, 5.74) is 2.56. The molecule has 0 spiro atoms. The fourth-order valence-corrected chi connectivity index (χ4v) is 10.2. The van der Waals surface area contributed by atoms with E-state index in [4.69, 9.17) is 18.9 Å². The maximum absolute atomic E-state index is 17.6. The molecule has 2 amide bonds. The van der Waals surface area contributed by atoms with Crippen molar-refractivity contribution in [3.05, 3.63) is 202 Å². The zero-order chi connectivity index (χ0) is 50.9. The normalized spacial score (nSPS) is 19.0. The van der Waals surface area contributed by atoms with E-state index >= 15 is 31.1 Å². The molecule has 4 heterocycles. The van der Waals surface area contributed by atoms with Gasteiger partial charge in [-0.25, -0.2) is 26.3 Å². The lowest BCUT2D eigenvalue weighted by Gasteiger charge is -2.46. The minimum atomic E-state index is -3.86. The number of nitrogens with zero attached hydrogens (tertiary/aromatic N) is 2. The Hall–Kier alpha value is -7.30. The van der Waals surface area contributed by atoms with Crippen molar-refractivity contribution in [2.24, 2.45) is 0 Å². The summed E-state index contributed by atoms with van der Waals surface area (Å²) in [6.45, 7) is 4.59. The van der Waals surface area contributed by atoms with Crippen LogP contribution in [0, 0.1) is 23.3 Å². The number of aromatic amines is 1. The lowest BCUT2D eigenvalue weighted by atomic mass is 9.87. The first-order valence-corrected chi connectivity index (χ1v) is 23.8. The average molecular weight is 996 g/mol. The van der Waals surface area contributed by atoms with Gasteiger partial charge >= 0.3 is 5.92 Å². The third kappa shape index (κ3) is 8.53. The predicted molar refractivity (Wildman–Crippen MR) is 263 cm³/mol. The summed E-state index contributed by atoms with van der Waals surface area (Å²) in [6, 6.07) is 37.2. The second-order valence-corrected chi connectivity index (χ2v) is 19.6. The summed E-state index contributed by atoms with van der Waals surface area (Å²) in [5.74, 6) is -10.6. The highest BCUT2D eigenvalue weighted by molar-refractivity contribution is 6.39. The number of alkyl halides is 2. The van der Waals surface area contributed by atoms with E-state index in [0.29, 0.717) is 22.3 Å². The molecule has 73 heavy (non-hydrogen) atoms. The average Bonchev–Trinajstić information content (AvgIpc) is 3.98. The van der Waals surface area contributed by atoms with E-state index < -0.39 is 72.2 Å². The third-order valence-corrected chi connectivity index (χ3v) is 13.8. The van der Waals surface area contributed by atoms with Crippen LogP contribution in [0.3, 0.4) is 0 Å². The molecule has 2 aliphatic heterocycles. The first-order chi connectivity index (χ1) is 35.1. The second kappa shape index (κ2) is 18.6. The van der Waals surface area contributed by atoms with Gasteiger partial charge in [0.1, 0.15) is 12.2 Å². The van der Waals surface area contributed by atoms with Gasteiger partial charge in [-0.2, -0.15) is 0 Å². The van der Waals surface area contributed by atoms with Gasteiger partial charge in [-0.1, -0.05) is 136 Å². The second-order valence-electron chi connectivity index (χ2n) is 19.6. The van der Waals surface area contributed by atoms with Gasteiger partial charge in [0.2, 0.25) is 0 Å². The SMILES string of the molecule is CC(C)(C)c1ccc(CN2C(=O)c3c(c4c5cc(F)c(F)cc5n([C@@H]5O[C@H](COCc6ccccc6)C(F)(F)[C@H](OCc6ccccc6)[C@H]5OCc5ccccc5)c4c4[nH]c5cc(F)c(F)cc5c34)C2=O)cc1. The van der Waals surface area contributed by atoms with Crippen molar-refractivity contribution in [2.45, 2.75) is 83.0 Å². The first kappa shape index (κ1) is 48.0. The van der Waals surface area contributed by atoms with Crippen LogP contribution in [0.15, 0.2) is 140 Å². The number of halogens is 6. The topological polar surface area (TPSA) is 95.0 Å². The molecule has 0 saturated carbocycles. The number of benzene rings is 7. The summed E-state index contributed by atoms with van der Waals surface area (Å²) >= 11 is 0. The fraction of sp³-hybridized carbons (Fsp3) is 0.241. The highest BCUT2D eigenvalue weighted by atomic mass is 19.3. The van der Waals surface area contributed by atoms with Crippen molar-refractivity contribution in [3.8, 4) is 0 Å². The molecular weight excluding hydrogens is 949 g/mol. The number of carbonyl (C=O) groups is 2. The van der Waals surface area contributed by atoms with Crippen LogP contribution in [-0.2, 0) is 50.7 Å². The van der Waals surface area contributed by atoms with Gasteiger partial charge in [0.05, 0.1) is 60.6 Å². The smallest absolute Gasteiger partial charge is 0.304 e. The van der Waals surface area contributed by atoms with Crippen molar-refractivity contribution in [3.63, 3.8) is 0 Å². The number of aromatic nitrogens is 2. The van der Waals surface area contributed by atoms with Crippen LogP contribution < -0.4 is 0 Å². The highest BCUT2D eigenvalue weighted by Gasteiger charge is 2.61. The van der Waals surface area contributed by atoms with Crippen molar-refractivity contribution in [1.29, 1.82) is 0 Å². The summed E-state index contributed by atoms with van der Waals surface area (Å²) in [6.07, 6.45) is -7.72. The molecule has 7 aromatic carbocycles. The van der Waals surface area contributed by atoms with Crippen molar-refractivity contribution in [2.75, 3.05) is 6.61 Å². The molecule has 0 aliphatic carbocycles. The number of H-pyrrole nitrogens is 1. The van der Waals surface area contributed by atoms with Crippen LogP contribution in [0.2, 0.25) is 0 Å². The van der Waals surface area contributed by atoms with Crippen LogP contribution in [-0.4, -0.2) is 57.1 Å². The number of carbonyl (C=O) groups excluding carboxylic acids is 2. The number of hydrogen-bond donors (Lipinski definition) is 1. The number of ether oxygens (including phenoxy) is 4. The lowest BCUT2D eigenvalue weighted by Crippen LogP contribution is -2.62. The predicted octanol–water partition coefficient (Wildman–Crippen LogP) is 13.0. The molecule has 1 N–H and O–H groups in total. The van der Waals surface area contributed by atoms with Crippen LogP contribution in [0.4, 0.5) is 26.3 Å². The Morgan fingerprint density at radius 3 is 1.77 bits per heavy atom. The summed E-state index contributed by atoms with van der Waals surface area (Å²) in [7, 11) is 0. The van der Waals surface area contributed by atoms with Crippen LogP contribution in [0.1, 0.15) is 75.5 Å². The molecule has 2 aromatic heterocycles. The molecule has 0 bridgehead atoms. The van der Waals surface area contributed by atoms with Crippen molar-refractivity contribution in [1.82, 2.24) is 14.5 Å². The van der Waals surface area contributed by atoms with E-state index in [2.05, 4.69) is 4.98 Å². The number of fused-ring (bicyclic) bond motifs is 10. The van der Waals surface area contributed by atoms with Crippen molar-refractivity contribution >= 4 is 55.4 Å². The van der Waals surface area contributed by atoms with Crippen LogP contribution >= 0.6 is 0 Å². The van der Waals surface area contributed by atoms with E-state index in [9.17, 15) is 4.79 Å². The Balaban J connectivity index is 1.16. The van der Waals surface area contributed by atoms with Gasteiger partial charge in [0, 0.05) is 39.2 Å². The largest absolute Gasteiger partial charge is 0.374 e. The summed E-state index contributed by atoms with van der Waals surface area (Å²) in [5, 5.41) is -0.188. The van der Waals surface area contributed by atoms with Crippen LogP contribution in [0.5, 0.6) is 0 Å². The maximum Gasteiger partial charge on any atom is 0.304 e. The van der Waals surface area contributed by atoms with Gasteiger partial charge < -0.3 is 28.5 Å². The molecule has 11 rings (SSSR count). The molecular formula is C58H47F6N3O6. The molecule has 9 nitrogen and oxygen atoms in total.